The smallest absolute Gasteiger partial charge is 0.308 e. The van der Waals surface area contributed by atoms with E-state index >= 15 is 0 Å². The number of hydrogen-bond acceptors (Lipinski definition) is 2. The first-order valence-electron chi connectivity index (χ1n) is 6.86. The fourth-order valence-corrected chi connectivity index (χ4v) is 2.53. The summed E-state index contributed by atoms with van der Waals surface area (Å²) >= 11 is 5.96. The monoisotopic (exact) mass is 311 g/mol. The van der Waals surface area contributed by atoms with Crippen LogP contribution >= 0.6 is 11.6 Å². The summed E-state index contributed by atoms with van der Waals surface area (Å²) in [5.74, 6) is -1.56. The van der Waals surface area contributed by atoms with Crippen molar-refractivity contribution in [2.24, 2.45) is 11.3 Å². The molecule has 1 N–H and O–H groups in total. The summed E-state index contributed by atoms with van der Waals surface area (Å²) < 4.78 is 0. The van der Waals surface area contributed by atoms with Gasteiger partial charge >= 0.3 is 5.97 Å². The summed E-state index contributed by atoms with van der Waals surface area (Å²) in [4.78, 5) is 24.9. The summed E-state index contributed by atoms with van der Waals surface area (Å²) in [6.07, 6.45) is 0.554. The van der Waals surface area contributed by atoms with Gasteiger partial charge in [0.2, 0.25) is 5.91 Å². The number of nitrogens with zero attached hydrogens (tertiary/aromatic N) is 1. The largest absolute Gasteiger partial charge is 0.481 e. The number of benzene rings is 1. The van der Waals surface area contributed by atoms with Crippen molar-refractivity contribution in [3.63, 3.8) is 0 Å². The van der Waals surface area contributed by atoms with Crippen LogP contribution in [0.3, 0.4) is 0 Å². The summed E-state index contributed by atoms with van der Waals surface area (Å²) in [5.41, 5.74) is 0.373. The zero-order valence-electron chi connectivity index (χ0n) is 12.9. The zero-order chi connectivity index (χ0) is 16.2. The summed E-state index contributed by atoms with van der Waals surface area (Å²) in [5, 5.41) is 9.57. The molecule has 1 unspecified atom stereocenters. The molecule has 0 aromatic heterocycles. The molecule has 21 heavy (non-hydrogen) atoms. The van der Waals surface area contributed by atoms with Gasteiger partial charge in [0.15, 0.2) is 0 Å². The molecule has 0 aliphatic rings. The van der Waals surface area contributed by atoms with Gasteiger partial charge in [0.1, 0.15) is 0 Å². The van der Waals surface area contributed by atoms with Gasteiger partial charge < -0.3 is 10.0 Å². The van der Waals surface area contributed by atoms with Gasteiger partial charge in [-0.3, -0.25) is 9.59 Å². The number of carbonyl (C=O) groups excluding carboxylic acids is 1. The fourth-order valence-electron chi connectivity index (χ4n) is 2.32. The van der Waals surface area contributed by atoms with E-state index < -0.39 is 17.3 Å². The van der Waals surface area contributed by atoms with Gasteiger partial charge in [0.05, 0.1) is 5.92 Å². The maximum atomic E-state index is 12.5. The van der Waals surface area contributed by atoms with E-state index in [0.717, 1.165) is 5.56 Å². The lowest BCUT2D eigenvalue weighted by Gasteiger charge is -2.30. The SMILES string of the molecule is CC(CN(C)C(=O)C(C)(C)Cc1cccc(Cl)c1)C(=O)O. The molecule has 0 heterocycles. The summed E-state index contributed by atoms with van der Waals surface area (Å²) in [6.45, 7) is 5.51. The Hall–Kier alpha value is -1.55. The van der Waals surface area contributed by atoms with E-state index in [2.05, 4.69) is 0 Å². The van der Waals surface area contributed by atoms with Crippen LogP contribution < -0.4 is 0 Å². The normalized spacial score (nSPS) is 12.8. The number of carboxylic acid groups (broad SMARTS) is 1. The number of carboxylic acids is 1. The van der Waals surface area contributed by atoms with Crippen LogP contribution in [0.5, 0.6) is 0 Å². The van der Waals surface area contributed by atoms with Crippen LogP contribution in [0.15, 0.2) is 24.3 Å². The van der Waals surface area contributed by atoms with E-state index in [0.29, 0.717) is 11.4 Å². The van der Waals surface area contributed by atoms with E-state index in [1.54, 1.807) is 20.0 Å². The highest BCUT2D eigenvalue weighted by Gasteiger charge is 2.31. The van der Waals surface area contributed by atoms with Gasteiger partial charge in [-0.2, -0.15) is 0 Å². The van der Waals surface area contributed by atoms with Crippen molar-refractivity contribution in [3.8, 4) is 0 Å². The average molecular weight is 312 g/mol. The van der Waals surface area contributed by atoms with Crippen LogP contribution in [-0.2, 0) is 16.0 Å². The molecule has 0 saturated carbocycles. The molecule has 0 radical (unpaired) electrons. The van der Waals surface area contributed by atoms with Gasteiger partial charge in [-0.25, -0.2) is 0 Å². The minimum Gasteiger partial charge on any atom is -0.481 e. The maximum Gasteiger partial charge on any atom is 0.308 e. The Morgan fingerprint density at radius 1 is 1.38 bits per heavy atom. The molecule has 1 rings (SSSR count). The lowest BCUT2D eigenvalue weighted by molar-refractivity contribution is -0.144. The molecule has 0 fully saturated rings. The van der Waals surface area contributed by atoms with Crippen LogP contribution in [-0.4, -0.2) is 35.5 Å². The predicted molar refractivity (Wildman–Crippen MR) is 83.4 cm³/mol. The van der Waals surface area contributed by atoms with Gasteiger partial charge in [0, 0.05) is 24.0 Å². The first-order valence-corrected chi connectivity index (χ1v) is 7.24. The van der Waals surface area contributed by atoms with Crippen LogP contribution in [0.2, 0.25) is 5.02 Å². The van der Waals surface area contributed by atoms with E-state index in [1.165, 1.54) is 4.90 Å². The highest BCUT2D eigenvalue weighted by atomic mass is 35.5. The van der Waals surface area contributed by atoms with Gasteiger partial charge in [0.25, 0.3) is 0 Å². The Balaban J connectivity index is 2.76. The molecule has 4 nitrogen and oxygen atoms in total. The first-order chi connectivity index (χ1) is 9.63. The van der Waals surface area contributed by atoms with E-state index in [9.17, 15) is 9.59 Å². The van der Waals surface area contributed by atoms with E-state index in [1.807, 2.05) is 32.0 Å². The molecule has 0 spiro atoms. The number of carbonyl (C=O) groups is 2. The molecule has 0 aliphatic heterocycles. The fraction of sp³-hybridized carbons (Fsp3) is 0.500. The van der Waals surface area contributed by atoms with Crippen molar-refractivity contribution in [2.45, 2.75) is 27.2 Å². The van der Waals surface area contributed by atoms with Gasteiger partial charge in [-0.1, -0.05) is 44.5 Å². The Morgan fingerprint density at radius 3 is 2.52 bits per heavy atom. The Kier molecular flexibility index (Phi) is 5.78. The third-order valence-electron chi connectivity index (χ3n) is 3.43. The van der Waals surface area contributed by atoms with Crippen molar-refractivity contribution < 1.29 is 14.7 Å². The zero-order valence-corrected chi connectivity index (χ0v) is 13.6. The molecule has 0 saturated heterocycles. The molecule has 5 heteroatoms. The molecular formula is C16H22ClNO3. The number of rotatable bonds is 6. The van der Waals surface area contributed by atoms with Crippen LogP contribution in [0.1, 0.15) is 26.3 Å². The van der Waals surface area contributed by atoms with Crippen LogP contribution in [0, 0.1) is 11.3 Å². The van der Waals surface area contributed by atoms with Crippen molar-refractivity contribution >= 4 is 23.5 Å². The number of aliphatic carboxylic acids is 1. The molecule has 116 valence electrons. The van der Waals surface area contributed by atoms with E-state index in [4.69, 9.17) is 16.7 Å². The Bertz CT molecular complexity index is 528. The number of amides is 1. The van der Waals surface area contributed by atoms with E-state index in [-0.39, 0.29) is 12.5 Å². The summed E-state index contributed by atoms with van der Waals surface area (Å²) in [6, 6.07) is 7.42. The second-order valence-corrected chi connectivity index (χ2v) is 6.55. The second kappa shape index (κ2) is 6.94. The predicted octanol–water partition coefficient (Wildman–Crippen LogP) is 3.09. The molecule has 1 aromatic carbocycles. The minimum atomic E-state index is -0.901. The minimum absolute atomic E-state index is 0.0735. The second-order valence-electron chi connectivity index (χ2n) is 6.12. The van der Waals surface area contributed by atoms with Gasteiger partial charge in [-0.05, 0) is 24.1 Å². The maximum absolute atomic E-state index is 12.5. The average Bonchev–Trinajstić information content (AvgIpc) is 2.36. The quantitative estimate of drug-likeness (QED) is 0.878. The number of halogens is 1. The van der Waals surface area contributed by atoms with Crippen molar-refractivity contribution in [3.05, 3.63) is 34.9 Å². The molecular weight excluding hydrogens is 290 g/mol. The highest BCUT2D eigenvalue weighted by molar-refractivity contribution is 6.30. The molecule has 1 amide bonds. The van der Waals surface area contributed by atoms with Crippen molar-refractivity contribution in [2.75, 3.05) is 13.6 Å². The van der Waals surface area contributed by atoms with Crippen molar-refractivity contribution in [1.82, 2.24) is 4.90 Å². The Labute approximate surface area is 130 Å². The topological polar surface area (TPSA) is 57.6 Å². The lowest BCUT2D eigenvalue weighted by Crippen LogP contribution is -2.42. The standard InChI is InChI=1S/C16H22ClNO3/c1-11(14(19)20)10-18(4)15(21)16(2,3)9-12-6-5-7-13(17)8-12/h5-8,11H,9-10H2,1-4H3,(H,19,20). The third kappa shape index (κ3) is 5.05. The highest BCUT2D eigenvalue weighted by Crippen LogP contribution is 2.26. The third-order valence-corrected chi connectivity index (χ3v) is 3.67. The molecule has 0 aliphatic carbocycles. The van der Waals surface area contributed by atoms with Crippen molar-refractivity contribution in [1.29, 1.82) is 0 Å². The van der Waals surface area contributed by atoms with Crippen LogP contribution in [0.4, 0.5) is 0 Å². The first kappa shape index (κ1) is 17.5. The number of hydrogen-bond donors (Lipinski definition) is 1. The molecule has 0 bridgehead atoms. The summed E-state index contributed by atoms with van der Waals surface area (Å²) in [7, 11) is 1.64. The van der Waals surface area contributed by atoms with Gasteiger partial charge in [-0.15, -0.1) is 0 Å². The molecule has 1 aromatic rings. The van der Waals surface area contributed by atoms with Crippen LogP contribution in [0.25, 0.3) is 0 Å². The Morgan fingerprint density at radius 2 is 2.00 bits per heavy atom. The molecule has 1 atom stereocenters. The lowest BCUT2D eigenvalue weighted by atomic mass is 9.84.